The van der Waals surface area contributed by atoms with E-state index in [1.54, 1.807) is 43.4 Å². The Balaban J connectivity index is 1.95. The molecule has 0 unspecified atom stereocenters. The molecule has 0 saturated carbocycles. The first kappa shape index (κ1) is 22.7. The standard InChI is InChI=1S/C23H23ClN2O4S/c1-4-14-26(19-8-6-5-7-9-19)31(28,29)22-15-18(11-13-21(22)24)23(27)25(3)16-20-12-10-17(2)30-20/h4-13,15H,1,14,16H2,2-3H3. The van der Waals surface area contributed by atoms with Crippen LogP contribution in [0.25, 0.3) is 0 Å². The lowest BCUT2D eigenvalue weighted by Crippen LogP contribution is -2.32. The second-order valence-electron chi connectivity index (χ2n) is 6.98. The third kappa shape index (κ3) is 5.00. The minimum absolute atomic E-state index is 0.0332. The van der Waals surface area contributed by atoms with Gasteiger partial charge in [-0.2, -0.15) is 0 Å². The first-order valence-electron chi connectivity index (χ1n) is 9.53. The van der Waals surface area contributed by atoms with Crippen molar-refractivity contribution in [2.45, 2.75) is 18.4 Å². The Kier molecular flexibility index (Phi) is 6.87. The van der Waals surface area contributed by atoms with E-state index < -0.39 is 10.0 Å². The summed E-state index contributed by atoms with van der Waals surface area (Å²) in [4.78, 5) is 14.2. The van der Waals surface area contributed by atoms with Crippen molar-refractivity contribution in [2.24, 2.45) is 0 Å². The van der Waals surface area contributed by atoms with Crippen LogP contribution in [0.3, 0.4) is 0 Å². The molecule has 3 rings (SSSR count). The van der Waals surface area contributed by atoms with Crippen molar-refractivity contribution in [3.63, 3.8) is 0 Å². The lowest BCUT2D eigenvalue weighted by Gasteiger charge is -2.24. The minimum Gasteiger partial charge on any atom is -0.464 e. The van der Waals surface area contributed by atoms with Crippen LogP contribution in [0.4, 0.5) is 5.69 Å². The van der Waals surface area contributed by atoms with Gasteiger partial charge in [0.2, 0.25) is 0 Å². The zero-order valence-electron chi connectivity index (χ0n) is 17.3. The molecule has 0 aliphatic carbocycles. The van der Waals surface area contributed by atoms with E-state index in [1.165, 1.54) is 33.5 Å². The van der Waals surface area contributed by atoms with Crippen molar-refractivity contribution < 1.29 is 17.6 Å². The Morgan fingerprint density at radius 1 is 1.13 bits per heavy atom. The molecular weight excluding hydrogens is 436 g/mol. The molecule has 0 fully saturated rings. The number of halogens is 1. The summed E-state index contributed by atoms with van der Waals surface area (Å²) in [5, 5.41) is 0.0332. The van der Waals surface area contributed by atoms with Gasteiger partial charge in [-0.3, -0.25) is 9.10 Å². The number of carbonyl (C=O) groups excluding carboxylic acids is 1. The Bertz CT molecular complexity index is 1190. The maximum absolute atomic E-state index is 13.4. The summed E-state index contributed by atoms with van der Waals surface area (Å²) < 4.78 is 33.6. The highest BCUT2D eigenvalue weighted by molar-refractivity contribution is 7.93. The van der Waals surface area contributed by atoms with Crippen LogP contribution in [0.15, 0.2) is 82.6 Å². The van der Waals surface area contributed by atoms with E-state index in [0.29, 0.717) is 11.4 Å². The summed E-state index contributed by atoms with van der Waals surface area (Å²) >= 11 is 6.26. The zero-order chi connectivity index (χ0) is 22.6. The van der Waals surface area contributed by atoms with Crippen molar-refractivity contribution in [1.29, 1.82) is 0 Å². The summed E-state index contributed by atoms with van der Waals surface area (Å²) in [6.07, 6.45) is 1.49. The quantitative estimate of drug-likeness (QED) is 0.450. The van der Waals surface area contributed by atoms with Crippen LogP contribution >= 0.6 is 11.6 Å². The lowest BCUT2D eigenvalue weighted by atomic mass is 10.2. The number of amides is 1. The van der Waals surface area contributed by atoms with E-state index in [9.17, 15) is 13.2 Å². The van der Waals surface area contributed by atoms with Gasteiger partial charge in [0, 0.05) is 12.6 Å². The van der Waals surface area contributed by atoms with E-state index in [4.69, 9.17) is 16.0 Å². The van der Waals surface area contributed by atoms with E-state index >= 15 is 0 Å². The summed E-state index contributed by atoms with van der Waals surface area (Å²) in [5.74, 6) is 1.03. The molecule has 1 heterocycles. The molecule has 1 aromatic heterocycles. The van der Waals surface area contributed by atoms with Crippen LogP contribution in [0.2, 0.25) is 5.02 Å². The van der Waals surface area contributed by atoms with E-state index in [2.05, 4.69) is 6.58 Å². The molecule has 31 heavy (non-hydrogen) atoms. The predicted molar refractivity (Wildman–Crippen MR) is 122 cm³/mol. The van der Waals surface area contributed by atoms with Gasteiger partial charge in [-0.15, -0.1) is 6.58 Å². The maximum atomic E-state index is 13.4. The van der Waals surface area contributed by atoms with Crippen LogP contribution in [0.1, 0.15) is 21.9 Å². The summed E-state index contributed by atoms with van der Waals surface area (Å²) in [6, 6.07) is 16.5. The molecule has 0 aliphatic rings. The van der Waals surface area contributed by atoms with Crippen molar-refractivity contribution in [2.75, 3.05) is 17.9 Å². The summed E-state index contributed by atoms with van der Waals surface area (Å²) in [6.45, 7) is 5.79. The van der Waals surface area contributed by atoms with Gasteiger partial charge in [-0.1, -0.05) is 35.9 Å². The number of para-hydroxylation sites is 1. The number of hydrogen-bond donors (Lipinski definition) is 0. The molecule has 0 radical (unpaired) electrons. The topological polar surface area (TPSA) is 70.8 Å². The van der Waals surface area contributed by atoms with Gasteiger partial charge < -0.3 is 9.32 Å². The first-order chi connectivity index (χ1) is 14.7. The highest BCUT2D eigenvalue weighted by atomic mass is 35.5. The van der Waals surface area contributed by atoms with Gasteiger partial charge in [-0.05, 0) is 49.4 Å². The maximum Gasteiger partial charge on any atom is 0.266 e. The number of nitrogens with zero attached hydrogens (tertiary/aromatic N) is 2. The van der Waals surface area contributed by atoms with Crippen molar-refractivity contribution in [3.05, 3.63) is 95.4 Å². The molecule has 0 bridgehead atoms. The van der Waals surface area contributed by atoms with Gasteiger partial charge in [0.1, 0.15) is 16.4 Å². The normalized spacial score (nSPS) is 11.2. The fourth-order valence-electron chi connectivity index (χ4n) is 3.10. The molecule has 1 amide bonds. The van der Waals surface area contributed by atoms with E-state index in [1.807, 2.05) is 13.0 Å². The Hall–Kier alpha value is -3.03. The Morgan fingerprint density at radius 2 is 1.84 bits per heavy atom. The highest BCUT2D eigenvalue weighted by Gasteiger charge is 2.28. The fraction of sp³-hybridized carbons (Fsp3) is 0.174. The van der Waals surface area contributed by atoms with Crippen molar-refractivity contribution >= 4 is 33.2 Å². The molecule has 0 saturated heterocycles. The molecule has 0 spiro atoms. The average Bonchev–Trinajstić information content (AvgIpc) is 3.16. The highest BCUT2D eigenvalue weighted by Crippen LogP contribution is 2.29. The van der Waals surface area contributed by atoms with Gasteiger partial charge in [0.05, 0.1) is 23.8 Å². The molecule has 162 valence electrons. The van der Waals surface area contributed by atoms with Gasteiger partial charge in [0.25, 0.3) is 15.9 Å². The number of anilines is 1. The van der Waals surface area contributed by atoms with Gasteiger partial charge in [0.15, 0.2) is 0 Å². The second-order valence-corrected chi connectivity index (χ2v) is 9.22. The van der Waals surface area contributed by atoms with E-state index in [-0.39, 0.29) is 34.5 Å². The fourth-order valence-corrected chi connectivity index (χ4v) is 5.04. The van der Waals surface area contributed by atoms with Crippen LogP contribution in [-0.4, -0.2) is 32.8 Å². The number of rotatable bonds is 8. The lowest BCUT2D eigenvalue weighted by molar-refractivity contribution is 0.0774. The van der Waals surface area contributed by atoms with Crippen LogP contribution in [0, 0.1) is 6.92 Å². The van der Waals surface area contributed by atoms with Crippen LogP contribution in [0.5, 0.6) is 0 Å². The molecule has 8 heteroatoms. The monoisotopic (exact) mass is 458 g/mol. The second kappa shape index (κ2) is 9.41. The Morgan fingerprint density at radius 3 is 2.45 bits per heavy atom. The summed E-state index contributed by atoms with van der Waals surface area (Å²) in [5.41, 5.74) is 0.681. The zero-order valence-corrected chi connectivity index (χ0v) is 18.9. The Labute approximate surface area is 187 Å². The van der Waals surface area contributed by atoms with Gasteiger partial charge in [-0.25, -0.2) is 8.42 Å². The minimum atomic E-state index is -4.04. The van der Waals surface area contributed by atoms with Crippen LogP contribution in [-0.2, 0) is 16.6 Å². The molecule has 3 aromatic rings. The molecule has 2 aromatic carbocycles. The van der Waals surface area contributed by atoms with Crippen molar-refractivity contribution in [3.8, 4) is 0 Å². The summed E-state index contributed by atoms with van der Waals surface area (Å²) in [7, 11) is -2.42. The number of hydrogen-bond acceptors (Lipinski definition) is 4. The number of benzene rings is 2. The molecule has 0 N–H and O–H groups in total. The van der Waals surface area contributed by atoms with Crippen LogP contribution < -0.4 is 4.31 Å². The third-order valence-corrected chi connectivity index (χ3v) is 6.90. The first-order valence-corrected chi connectivity index (χ1v) is 11.3. The van der Waals surface area contributed by atoms with Crippen molar-refractivity contribution in [1.82, 2.24) is 4.90 Å². The predicted octanol–water partition coefficient (Wildman–Crippen LogP) is 4.89. The SMILES string of the molecule is C=CCN(c1ccccc1)S(=O)(=O)c1cc(C(=O)N(C)Cc2ccc(C)o2)ccc1Cl. The number of carbonyl (C=O) groups is 1. The third-order valence-electron chi connectivity index (χ3n) is 4.62. The number of sulfonamides is 1. The molecular formula is C23H23ClN2O4S. The number of aryl methyl sites for hydroxylation is 1. The molecule has 6 nitrogen and oxygen atoms in total. The average molecular weight is 459 g/mol. The van der Waals surface area contributed by atoms with Gasteiger partial charge >= 0.3 is 0 Å². The van der Waals surface area contributed by atoms with E-state index in [0.717, 1.165) is 5.76 Å². The number of furan rings is 1. The smallest absolute Gasteiger partial charge is 0.266 e. The largest absolute Gasteiger partial charge is 0.464 e. The molecule has 0 aliphatic heterocycles. The molecule has 0 atom stereocenters.